The van der Waals surface area contributed by atoms with Crippen molar-refractivity contribution in [2.24, 2.45) is 23.7 Å². The molecule has 5 nitrogen and oxygen atoms in total. The van der Waals surface area contributed by atoms with E-state index in [-0.39, 0.29) is 5.69 Å². The SMILES string of the molecule is O=C(O)C(=O)c1[nH]ncc1C1C2CC3CC(C2)CC1C3. The van der Waals surface area contributed by atoms with Crippen LogP contribution in [-0.4, -0.2) is 27.1 Å². The molecule has 0 unspecified atom stereocenters. The average Bonchev–Trinajstić information content (AvgIpc) is 2.85. The molecular weight excluding hydrogens is 256 g/mol. The van der Waals surface area contributed by atoms with Crippen molar-refractivity contribution in [2.75, 3.05) is 0 Å². The topological polar surface area (TPSA) is 83.0 Å². The minimum Gasteiger partial charge on any atom is -0.475 e. The van der Waals surface area contributed by atoms with Crippen molar-refractivity contribution in [3.05, 3.63) is 17.5 Å². The summed E-state index contributed by atoms with van der Waals surface area (Å²) in [5.74, 6) is 1.03. The Bertz CT molecular complexity index is 549. The minimum absolute atomic E-state index is 0.204. The van der Waals surface area contributed by atoms with Gasteiger partial charge in [0.15, 0.2) is 0 Å². The largest absolute Gasteiger partial charge is 0.475 e. The van der Waals surface area contributed by atoms with Crippen molar-refractivity contribution in [1.29, 1.82) is 0 Å². The van der Waals surface area contributed by atoms with Crippen LogP contribution in [0.3, 0.4) is 0 Å². The number of carbonyl (C=O) groups excluding carboxylic acids is 1. The Labute approximate surface area is 116 Å². The zero-order chi connectivity index (χ0) is 13.9. The monoisotopic (exact) mass is 274 g/mol. The fourth-order valence-electron chi connectivity index (χ4n) is 5.27. The number of H-pyrrole nitrogens is 1. The van der Waals surface area contributed by atoms with Crippen molar-refractivity contribution in [2.45, 2.75) is 38.0 Å². The van der Waals surface area contributed by atoms with Gasteiger partial charge in [0, 0.05) is 5.56 Å². The number of ketones is 1. The van der Waals surface area contributed by atoms with Crippen molar-refractivity contribution in [3.8, 4) is 0 Å². The number of Topliss-reactive ketones (excluding diaryl/α,β-unsaturated/α-hetero) is 1. The van der Waals surface area contributed by atoms with Crippen molar-refractivity contribution >= 4 is 11.8 Å². The van der Waals surface area contributed by atoms with E-state index in [1.165, 1.54) is 32.1 Å². The molecule has 0 atom stereocenters. The van der Waals surface area contributed by atoms with Gasteiger partial charge in [-0.1, -0.05) is 0 Å². The van der Waals surface area contributed by atoms with Crippen LogP contribution in [0, 0.1) is 23.7 Å². The summed E-state index contributed by atoms with van der Waals surface area (Å²) in [6.45, 7) is 0. The molecule has 0 amide bonds. The maximum Gasteiger partial charge on any atom is 0.378 e. The molecule has 0 aromatic carbocycles. The molecule has 4 aliphatic carbocycles. The Kier molecular flexibility index (Phi) is 2.53. The molecule has 20 heavy (non-hydrogen) atoms. The number of aromatic amines is 1. The highest BCUT2D eigenvalue weighted by Crippen LogP contribution is 2.59. The van der Waals surface area contributed by atoms with E-state index in [9.17, 15) is 9.59 Å². The fourth-order valence-corrected chi connectivity index (χ4v) is 5.27. The van der Waals surface area contributed by atoms with Crippen LogP contribution in [0.2, 0.25) is 0 Å². The zero-order valence-corrected chi connectivity index (χ0v) is 11.2. The lowest BCUT2D eigenvalue weighted by molar-refractivity contribution is -0.131. The molecule has 2 N–H and O–H groups in total. The van der Waals surface area contributed by atoms with Gasteiger partial charge in [0.05, 0.1) is 6.20 Å². The number of hydrogen-bond acceptors (Lipinski definition) is 3. The van der Waals surface area contributed by atoms with Gasteiger partial charge in [-0.2, -0.15) is 5.10 Å². The molecule has 4 saturated carbocycles. The normalized spacial score (nSPS) is 38.1. The number of nitrogens with zero attached hydrogens (tertiary/aromatic N) is 1. The lowest BCUT2D eigenvalue weighted by atomic mass is 9.50. The predicted octanol–water partition coefficient (Wildman–Crippen LogP) is 2.22. The summed E-state index contributed by atoms with van der Waals surface area (Å²) in [6, 6.07) is 0. The smallest absolute Gasteiger partial charge is 0.378 e. The molecule has 5 rings (SSSR count). The van der Waals surface area contributed by atoms with Crippen LogP contribution in [0.4, 0.5) is 0 Å². The lowest BCUT2D eigenvalue weighted by Gasteiger charge is -2.54. The lowest BCUT2D eigenvalue weighted by Crippen LogP contribution is -2.44. The van der Waals surface area contributed by atoms with E-state index in [1.807, 2.05) is 0 Å². The number of aromatic nitrogens is 2. The van der Waals surface area contributed by atoms with E-state index in [1.54, 1.807) is 6.20 Å². The molecule has 0 spiro atoms. The number of carbonyl (C=O) groups is 2. The molecular formula is C15H18N2O3. The highest BCUT2D eigenvalue weighted by atomic mass is 16.4. The number of rotatable bonds is 3. The van der Waals surface area contributed by atoms with Gasteiger partial charge < -0.3 is 5.11 Å². The minimum atomic E-state index is -1.40. The Balaban J connectivity index is 1.70. The number of nitrogens with one attached hydrogen (secondary N) is 1. The summed E-state index contributed by atoms with van der Waals surface area (Å²) in [6.07, 6.45) is 8.02. The first-order chi connectivity index (χ1) is 9.63. The highest BCUT2D eigenvalue weighted by molar-refractivity contribution is 6.39. The van der Waals surface area contributed by atoms with E-state index in [4.69, 9.17) is 5.11 Å². The number of carboxylic acid groups (broad SMARTS) is 1. The second-order valence-corrected chi connectivity index (χ2v) is 6.79. The van der Waals surface area contributed by atoms with Crippen LogP contribution in [0.15, 0.2) is 6.20 Å². The van der Waals surface area contributed by atoms with Crippen LogP contribution in [-0.2, 0) is 4.79 Å². The van der Waals surface area contributed by atoms with Gasteiger partial charge in [-0.25, -0.2) is 4.79 Å². The molecule has 0 radical (unpaired) electrons. The molecule has 0 saturated heterocycles. The van der Waals surface area contributed by atoms with Gasteiger partial charge in [-0.15, -0.1) is 0 Å². The van der Waals surface area contributed by atoms with Crippen LogP contribution in [0.1, 0.15) is 54.1 Å². The third-order valence-corrected chi connectivity index (χ3v) is 5.68. The Hall–Kier alpha value is -1.65. The Morgan fingerprint density at radius 2 is 1.70 bits per heavy atom. The van der Waals surface area contributed by atoms with Gasteiger partial charge in [0.1, 0.15) is 5.69 Å². The third-order valence-electron chi connectivity index (χ3n) is 5.68. The summed E-state index contributed by atoms with van der Waals surface area (Å²) < 4.78 is 0. The molecule has 4 fully saturated rings. The second-order valence-electron chi connectivity index (χ2n) is 6.79. The summed E-state index contributed by atoms with van der Waals surface area (Å²) >= 11 is 0. The Morgan fingerprint density at radius 3 is 2.25 bits per heavy atom. The van der Waals surface area contributed by atoms with Gasteiger partial charge >= 0.3 is 5.97 Å². The number of carboxylic acids is 1. The predicted molar refractivity (Wildman–Crippen MR) is 70.3 cm³/mol. The molecule has 4 bridgehead atoms. The number of aliphatic carboxylic acids is 1. The summed E-state index contributed by atoms with van der Waals surface area (Å²) in [7, 11) is 0. The standard InChI is InChI=1S/C15H18N2O3/c18-14(15(19)20)13-11(6-16-17-13)12-9-2-7-1-8(4-9)5-10(12)3-7/h6-10,12H,1-5H2,(H,16,17)(H,19,20). The first-order valence-corrected chi connectivity index (χ1v) is 7.44. The van der Waals surface area contributed by atoms with Crippen molar-refractivity contribution in [3.63, 3.8) is 0 Å². The summed E-state index contributed by atoms with van der Waals surface area (Å²) in [5, 5.41) is 15.5. The van der Waals surface area contributed by atoms with Gasteiger partial charge in [0.2, 0.25) is 0 Å². The van der Waals surface area contributed by atoms with E-state index < -0.39 is 11.8 Å². The highest BCUT2D eigenvalue weighted by Gasteiger charge is 2.49. The van der Waals surface area contributed by atoms with Gasteiger partial charge in [-0.05, 0) is 61.7 Å². The van der Waals surface area contributed by atoms with E-state index in [0.29, 0.717) is 17.8 Å². The molecule has 5 heteroatoms. The van der Waals surface area contributed by atoms with Crippen molar-refractivity contribution < 1.29 is 14.7 Å². The van der Waals surface area contributed by atoms with E-state index >= 15 is 0 Å². The molecule has 0 aliphatic heterocycles. The molecule has 1 aromatic rings. The Morgan fingerprint density at radius 1 is 1.10 bits per heavy atom. The maximum atomic E-state index is 11.8. The van der Waals surface area contributed by atoms with Crippen LogP contribution in [0.25, 0.3) is 0 Å². The first kappa shape index (κ1) is 12.1. The fraction of sp³-hybridized carbons (Fsp3) is 0.667. The van der Waals surface area contributed by atoms with E-state index in [0.717, 1.165) is 17.4 Å². The van der Waals surface area contributed by atoms with Gasteiger partial charge in [0.25, 0.3) is 5.78 Å². The molecule has 1 heterocycles. The summed E-state index contributed by atoms with van der Waals surface area (Å²) in [5.41, 5.74) is 1.06. The molecule has 106 valence electrons. The maximum absolute atomic E-state index is 11.8. The third kappa shape index (κ3) is 1.65. The van der Waals surface area contributed by atoms with Crippen molar-refractivity contribution in [1.82, 2.24) is 10.2 Å². The quantitative estimate of drug-likeness (QED) is 0.654. The summed E-state index contributed by atoms with van der Waals surface area (Å²) in [4.78, 5) is 22.7. The van der Waals surface area contributed by atoms with Crippen LogP contribution in [0.5, 0.6) is 0 Å². The van der Waals surface area contributed by atoms with Crippen LogP contribution >= 0.6 is 0 Å². The first-order valence-electron chi connectivity index (χ1n) is 7.44. The number of hydrogen-bond donors (Lipinski definition) is 2. The molecule has 4 aliphatic rings. The second kappa shape index (κ2) is 4.17. The van der Waals surface area contributed by atoms with Gasteiger partial charge in [-0.3, -0.25) is 9.89 Å². The molecule has 1 aromatic heterocycles. The van der Waals surface area contributed by atoms with E-state index in [2.05, 4.69) is 10.2 Å². The van der Waals surface area contributed by atoms with Crippen LogP contribution < -0.4 is 0 Å². The zero-order valence-electron chi connectivity index (χ0n) is 11.2. The average molecular weight is 274 g/mol.